The Kier molecular flexibility index (Phi) is 4.69. The van der Waals surface area contributed by atoms with Gasteiger partial charge in [0.05, 0.1) is 0 Å². The van der Waals surface area contributed by atoms with Gasteiger partial charge in [0.25, 0.3) is 0 Å². The van der Waals surface area contributed by atoms with Gasteiger partial charge in [0.1, 0.15) is 0 Å². The molecule has 0 fully saturated rings. The molecule has 3 nitrogen and oxygen atoms in total. The van der Waals surface area contributed by atoms with E-state index in [4.69, 9.17) is 10.4 Å². The Balaban J connectivity index is 3.53. The highest BCUT2D eigenvalue weighted by Crippen LogP contribution is 1.95. The summed E-state index contributed by atoms with van der Waals surface area (Å²) in [6.07, 6.45) is 2.73. The normalized spacial score (nSPS) is 9.50. The van der Waals surface area contributed by atoms with E-state index in [9.17, 15) is 0 Å². The molecule has 0 rings (SSSR count). The first-order valence-electron chi connectivity index (χ1n) is 3.49. The lowest BCUT2D eigenvalue weighted by molar-refractivity contribution is 0.246. The average Bonchev–Trinajstić information content (AvgIpc) is 1.89. The molecule has 0 atom stereocenters. The van der Waals surface area contributed by atoms with E-state index >= 15 is 0 Å². The van der Waals surface area contributed by atoms with Crippen LogP contribution in [0.3, 0.4) is 0 Å². The number of nitrogens with zero attached hydrogens (tertiary/aromatic N) is 2. The summed E-state index contributed by atoms with van der Waals surface area (Å²) < 4.78 is 0. The van der Waals surface area contributed by atoms with E-state index < -0.39 is 0 Å². The Labute approximate surface area is 61.9 Å². The number of rotatable bonds is 4. The van der Waals surface area contributed by atoms with E-state index in [1.54, 1.807) is 4.90 Å². The van der Waals surface area contributed by atoms with Gasteiger partial charge in [-0.15, -0.1) is 0 Å². The largest absolute Gasteiger partial charge is 0.396 e. The lowest BCUT2D eigenvalue weighted by Gasteiger charge is -2.18. The van der Waals surface area contributed by atoms with Crippen LogP contribution in [0.4, 0.5) is 0 Å². The maximum Gasteiger partial charge on any atom is 0.179 e. The van der Waals surface area contributed by atoms with E-state index in [2.05, 4.69) is 6.19 Å². The van der Waals surface area contributed by atoms with Crippen molar-refractivity contribution in [2.45, 2.75) is 26.3 Å². The Bertz CT molecular complexity index is 117. The first-order chi connectivity index (χ1) is 4.72. The first-order valence-corrected chi connectivity index (χ1v) is 3.49. The lowest BCUT2D eigenvalue weighted by Crippen LogP contribution is -2.27. The van der Waals surface area contributed by atoms with Crippen molar-refractivity contribution in [3.8, 4) is 6.19 Å². The van der Waals surface area contributed by atoms with Crippen molar-refractivity contribution in [2.24, 2.45) is 0 Å². The molecule has 0 radical (unpaired) electrons. The lowest BCUT2D eigenvalue weighted by atomic mass is 10.3. The molecule has 0 heterocycles. The van der Waals surface area contributed by atoms with Gasteiger partial charge in [-0.25, -0.2) is 0 Å². The minimum absolute atomic E-state index is 0.158. The number of aliphatic hydroxyl groups excluding tert-OH is 1. The number of hydrogen-bond donors (Lipinski definition) is 1. The third kappa shape index (κ3) is 3.31. The molecule has 0 saturated carbocycles. The average molecular weight is 142 g/mol. The molecule has 0 aliphatic rings. The molecule has 1 N–H and O–H groups in total. The van der Waals surface area contributed by atoms with Crippen molar-refractivity contribution in [1.82, 2.24) is 4.90 Å². The summed E-state index contributed by atoms with van der Waals surface area (Å²) in [4.78, 5) is 1.65. The second-order valence-corrected chi connectivity index (χ2v) is 2.46. The molecular weight excluding hydrogens is 128 g/mol. The predicted molar refractivity (Wildman–Crippen MR) is 39.2 cm³/mol. The van der Waals surface area contributed by atoms with Gasteiger partial charge in [0.2, 0.25) is 0 Å². The molecule has 0 spiro atoms. The van der Waals surface area contributed by atoms with Gasteiger partial charge in [-0.2, -0.15) is 5.26 Å². The van der Waals surface area contributed by atoms with Crippen LogP contribution in [-0.2, 0) is 0 Å². The fraction of sp³-hybridized carbons (Fsp3) is 0.857. The van der Waals surface area contributed by atoms with Crippen LogP contribution in [0, 0.1) is 11.5 Å². The number of nitriles is 1. The Morgan fingerprint density at radius 1 is 1.60 bits per heavy atom. The van der Waals surface area contributed by atoms with E-state index in [-0.39, 0.29) is 12.6 Å². The van der Waals surface area contributed by atoms with Crippen LogP contribution in [0.15, 0.2) is 0 Å². The maximum absolute atomic E-state index is 8.52. The third-order valence-corrected chi connectivity index (χ3v) is 1.31. The Morgan fingerprint density at radius 3 is 2.50 bits per heavy atom. The van der Waals surface area contributed by atoms with Crippen molar-refractivity contribution < 1.29 is 5.11 Å². The van der Waals surface area contributed by atoms with Gasteiger partial charge in [-0.3, -0.25) is 0 Å². The molecule has 0 amide bonds. The molecule has 0 aliphatic carbocycles. The summed E-state index contributed by atoms with van der Waals surface area (Å²) in [5, 5.41) is 17.0. The second kappa shape index (κ2) is 5.07. The van der Waals surface area contributed by atoms with Crippen LogP contribution in [0.1, 0.15) is 20.3 Å². The minimum Gasteiger partial charge on any atom is -0.396 e. The monoisotopic (exact) mass is 142 g/mol. The summed E-state index contributed by atoms with van der Waals surface area (Å²) >= 11 is 0. The Hall–Kier alpha value is -0.750. The van der Waals surface area contributed by atoms with Crippen LogP contribution in [0.2, 0.25) is 0 Å². The molecule has 0 bridgehead atoms. The van der Waals surface area contributed by atoms with Gasteiger partial charge in [0.15, 0.2) is 6.19 Å². The summed E-state index contributed by atoms with van der Waals surface area (Å²) in [6, 6.07) is 0.247. The first kappa shape index (κ1) is 9.25. The van der Waals surface area contributed by atoms with Gasteiger partial charge >= 0.3 is 0 Å². The van der Waals surface area contributed by atoms with E-state index in [1.165, 1.54) is 0 Å². The van der Waals surface area contributed by atoms with Crippen molar-refractivity contribution in [3.05, 3.63) is 0 Å². The fourth-order valence-electron chi connectivity index (χ4n) is 0.665. The predicted octanol–water partition coefficient (Wildman–Crippen LogP) is 0.560. The van der Waals surface area contributed by atoms with Crippen molar-refractivity contribution in [1.29, 1.82) is 5.26 Å². The standard InChI is InChI=1S/C7H14N2O/c1-7(2)9(6-8)4-3-5-10/h7,10H,3-5H2,1-2H3. The van der Waals surface area contributed by atoms with Crippen LogP contribution in [-0.4, -0.2) is 29.2 Å². The van der Waals surface area contributed by atoms with Gasteiger partial charge < -0.3 is 10.0 Å². The van der Waals surface area contributed by atoms with Crippen LogP contribution in [0.5, 0.6) is 0 Å². The van der Waals surface area contributed by atoms with Gasteiger partial charge in [0, 0.05) is 19.2 Å². The Morgan fingerprint density at radius 2 is 2.20 bits per heavy atom. The highest BCUT2D eigenvalue weighted by molar-refractivity contribution is 4.76. The summed E-state index contributed by atoms with van der Waals surface area (Å²) in [5.74, 6) is 0. The fourth-order valence-corrected chi connectivity index (χ4v) is 0.665. The highest BCUT2D eigenvalue weighted by atomic mass is 16.3. The topological polar surface area (TPSA) is 47.3 Å². The van der Waals surface area contributed by atoms with Gasteiger partial charge in [-0.1, -0.05) is 0 Å². The van der Waals surface area contributed by atoms with Gasteiger partial charge in [-0.05, 0) is 20.3 Å². The summed E-state index contributed by atoms with van der Waals surface area (Å²) in [6.45, 7) is 4.73. The molecule has 0 aliphatic heterocycles. The van der Waals surface area contributed by atoms with Crippen molar-refractivity contribution in [2.75, 3.05) is 13.2 Å². The molecule has 0 aromatic rings. The zero-order chi connectivity index (χ0) is 7.98. The maximum atomic E-state index is 8.52. The molecule has 0 aromatic heterocycles. The molecule has 0 unspecified atom stereocenters. The molecule has 10 heavy (non-hydrogen) atoms. The molecule has 0 saturated heterocycles. The van der Waals surface area contributed by atoms with Crippen molar-refractivity contribution in [3.63, 3.8) is 0 Å². The van der Waals surface area contributed by atoms with Crippen LogP contribution in [0.25, 0.3) is 0 Å². The SMILES string of the molecule is CC(C)N(C#N)CCCO. The quantitative estimate of drug-likeness (QED) is 0.461. The molecular formula is C7H14N2O. The molecule has 0 aromatic carbocycles. The second-order valence-electron chi connectivity index (χ2n) is 2.46. The van der Waals surface area contributed by atoms with E-state index in [0.717, 1.165) is 0 Å². The summed E-state index contributed by atoms with van der Waals surface area (Å²) in [7, 11) is 0. The number of hydrogen-bond acceptors (Lipinski definition) is 3. The highest BCUT2D eigenvalue weighted by Gasteiger charge is 2.03. The van der Waals surface area contributed by atoms with Crippen molar-refractivity contribution >= 4 is 0 Å². The zero-order valence-corrected chi connectivity index (χ0v) is 6.54. The molecule has 3 heteroatoms. The smallest absolute Gasteiger partial charge is 0.179 e. The summed E-state index contributed by atoms with van der Waals surface area (Å²) in [5.41, 5.74) is 0. The van der Waals surface area contributed by atoms with E-state index in [0.29, 0.717) is 13.0 Å². The minimum atomic E-state index is 0.158. The zero-order valence-electron chi connectivity index (χ0n) is 6.54. The van der Waals surface area contributed by atoms with Crippen LogP contribution >= 0.6 is 0 Å². The third-order valence-electron chi connectivity index (χ3n) is 1.31. The van der Waals surface area contributed by atoms with E-state index in [1.807, 2.05) is 13.8 Å². The molecule has 58 valence electrons. The number of aliphatic hydroxyl groups is 1. The van der Waals surface area contributed by atoms with Crippen LogP contribution < -0.4 is 0 Å².